The molecule has 1 aliphatic carbocycles. The van der Waals surface area contributed by atoms with Crippen LogP contribution in [-0.2, 0) is 4.74 Å². The quantitative estimate of drug-likeness (QED) is 0.796. The molecule has 3 nitrogen and oxygen atoms in total. The van der Waals surface area contributed by atoms with Gasteiger partial charge in [-0.3, -0.25) is 4.90 Å². The molecule has 3 fully saturated rings. The lowest BCUT2D eigenvalue weighted by molar-refractivity contribution is -0.0520. The lowest BCUT2D eigenvalue weighted by Gasteiger charge is -2.47. The van der Waals surface area contributed by atoms with Crippen molar-refractivity contribution in [3.63, 3.8) is 0 Å². The number of likely N-dealkylation sites (tertiary alicyclic amines) is 1. The third-order valence-electron chi connectivity index (χ3n) is 7.36. The Bertz CT molecular complexity index is 488. The predicted octanol–water partition coefficient (Wildman–Crippen LogP) is 2.84. The molecule has 3 heterocycles. The monoisotopic (exact) mass is 305 g/mol. The fraction of sp³-hybridized carbons (Fsp3) is 0.895. The van der Waals surface area contributed by atoms with Crippen LogP contribution in [0.2, 0.25) is 0 Å². The number of hydrogen-bond donors (Lipinski definition) is 1. The van der Waals surface area contributed by atoms with Crippen molar-refractivity contribution in [3.05, 3.63) is 12.2 Å². The van der Waals surface area contributed by atoms with E-state index in [0.29, 0.717) is 29.8 Å². The van der Waals surface area contributed by atoms with Gasteiger partial charge in [-0.05, 0) is 38.5 Å². The maximum absolute atomic E-state index is 10.6. The molecule has 0 aromatic carbocycles. The zero-order valence-electron chi connectivity index (χ0n) is 14.5. The molecule has 7 atom stereocenters. The first-order chi connectivity index (χ1) is 10.3. The Morgan fingerprint density at radius 2 is 2.05 bits per heavy atom. The van der Waals surface area contributed by atoms with Crippen LogP contribution < -0.4 is 0 Å². The van der Waals surface area contributed by atoms with Gasteiger partial charge in [-0.15, -0.1) is 0 Å². The minimum atomic E-state index is -0.151. The van der Waals surface area contributed by atoms with Crippen molar-refractivity contribution < 1.29 is 9.84 Å². The molecule has 4 aliphatic rings. The molecule has 124 valence electrons. The van der Waals surface area contributed by atoms with Crippen molar-refractivity contribution in [2.75, 3.05) is 13.1 Å². The average molecular weight is 305 g/mol. The van der Waals surface area contributed by atoms with E-state index in [0.717, 1.165) is 25.9 Å². The summed E-state index contributed by atoms with van der Waals surface area (Å²) < 4.78 is 6.34. The van der Waals surface area contributed by atoms with Crippen molar-refractivity contribution in [2.45, 2.75) is 70.3 Å². The van der Waals surface area contributed by atoms with E-state index in [1.54, 1.807) is 0 Å². The van der Waals surface area contributed by atoms with Gasteiger partial charge >= 0.3 is 0 Å². The number of fused-ring (bicyclic) bond motifs is 1. The fourth-order valence-electron chi connectivity index (χ4n) is 5.73. The van der Waals surface area contributed by atoms with E-state index in [9.17, 15) is 5.11 Å². The first-order valence-corrected chi connectivity index (χ1v) is 9.14. The molecule has 3 aliphatic heterocycles. The highest BCUT2D eigenvalue weighted by molar-refractivity contribution is 5.27. The minimum absolute atomic E-state index is 0.0335. The van der Waals surface area contributed by atoms with Crippen LogP contribution in [0.3, 0.4) is 0 Å². The van der Waals surface area contributed by atoms with Crippen molar-refractivity contribution in [1.82, 2.24) is 4.90 Å². The summed E-state index contributed by atoms with van der Waals surface area (Å²) in [7, 11) is 0. The van der Waals surface area contributed by atoms with Gasteiger partial charge in [0.25, 0.3) is 0 Å². The number of hydrogen-bond acceptors (Lipinski definition) is 3. The Labute approximate surface area is 134 Å². The summed E-state index contributed by atoms with van der Waals surface area (Å²) >= 11 is 0. The van der Waals surface area contributed by atoms with E-state index in [2.05, 4.69) is 44.7 Å². The van der Waals surface area contributed by atoms with Crippen LogP contribution in [0.15, 0.2) is 12.2 Å². The number of nitrogens with zero attached hydrogens (tertiary/aromatic N) is 1. The molecule has 1 saturated carbocycles. The van der Waals surface area contributed by atoms with E-state index in [1.807, 2.05) is 0 Å². The maximum atomic E-state index is 10.6. The molecule has 2 saturated heterocycles. The summed E-state index contributed by atoms with van der Waals surface area (Å²) in [5, 5.41) is 10.6. The van der Waals surface area contributed by atoms with Crippen molar-refractivity contribution in [2.24, 2.45) is 23.7 Å². The van der Waals surface area contributed by atoms with Crippen molar-refractivity contribution in [3.8, 4) is 0 Å². The fourth-order valence-corrected chi connectivity index (χ4v) is 5.73. The molecule has 1 spiro atoms. The van der Waals surface area contributed by atoms with Gasteiger partial charge in [-0.25, -0.2) is 0 Å². The first-order valence-electron chi connectivity index (χ1n) is 9.14. The normalized spacial score (nSPS) is 51.5. The maximum Gasteiger partial charge on any atom is 0.104 e. The molecule has 0 aromatic rings. The van der Waals surface area contributed by atoms with E-state index < -0.39 is 0 Å². The Morgan fingerprint density at radius 3 is 2.73 bits per heavy atom. The first kappa shape index (κ1) is 15.2. The predicted molar refractivity (Wildman–Crippen MR) is 87.6 cm³/mol. The van der Waals surface area contributed by atoms with Crippen LogP contribution >= 0.6 is 0 Å². The number of aliphatic hydroxyl groups is 1. The lowest BCUT2D eigenvalue weighted by Crippen LogP contribution is -2.54. The molecule has 1 N–H and O–H groups in total. The molecule has 0 radical (unpaired) electrons. The molecular formula is C19H31NO2. The van der Waals surface area contributed by atoms with E-state index in [4.69, 9.17) is 4.74 Å². The third kappa shape index (κ3) is 1.98. The number of aliphatic hydroxyl groups excluding tert-OH is 1. The summed E-state index contributed by atoms with van der Waals surface area (Å²) in [4.78, 5) is 2.62. The number of rotatable bonds is 2. The second-order valence-electron chi connectivity index (χ2n) is 8.99. The standard InChI is InChI=1S/C19H31NO2/c1-12-5-6-14(16(21)9-12)18(3,4)20-10-15-13(2)17-7-8-19(15,11-20)22-17/h7-8,12-17,21H,5-6,9-11H2,1-4H3/t12-,13+,14-,15+,16-,17+,19+/m1/s1. The Balaban J connectivity index is 1.54. The summed E-state index contributed by atoms with van der Waals surface area (Å²) in [6.07, 6.45) is 8.16. The highest BCUT2D eigenvalue weighted by Crippen LogP contribution is 2.53. The average Bonchev–Trinajstić information content (AvgIpc) is 3.09. The summed E-state index contributed by atoms with van der Waals surface area (Å²) in [6.45, 7) is 11.4. The van der Waals surface area contributed by atoms with Gasteiger partial charge in [-0.1, -0.05) is 32.4 Å². The van der Waals surface area contributed by atoms with Gasteiger partial charge < -0.3 is 9.84 Å². The molecule has 0 unspecified atom stereocenters. The van der Waals surface area contributed by atoms with E-state index in [1.165, 1.54) is 6.42 Å². The largest absolute Gasteiger partial charge is 0.393 e. The van der Waals surface area contributed by atoms with Crippen LogP contribution in [0, 0.1) is 23.7 Å². The van der Waals surface area contributed by atoms with Crippen molar-refractivity contribution in [1.29, 1.82) is 0 Å². The van der Waals surface area contributed by atoms with E-state index in [-0.39, 0.29) is 17.2 Å². The molecule has 2 bridgehead atoms. The summed E-state index contributed by atoms with van der Waals surface area (Å²) in [5.74, 6) is 2.31. The van der Waals surface area contributed by atoms with Crippen LogP contribution in [0.25, 0.3) is 0 Å². The highest BCUT2D eigenvalue weighted by Gasteiger charge is 2.61. The zero-order chi connectivity index (χ0) is 15.7. The zero-order valence-corrected chi connectivity index (χ0v) is 14.5. The SMILES string of the molecule is C[C@@H]1CC[C@@H](C(C)(C)N2C[C@H]3[C@H](C)[C@@H]4C=C[C@@]3(C2)O4)[C@H](O)C1. The Kier molecular flexibility index (Phi) is 3.32. The van der Waals surface area contributed by atoms with Gasteiger partial charge in [0.05, 0.1) is 12.2 Å². The molecule has 0 aromatic heterocycles. The molecular weight excluding hydrogens is 274 g/mol. The highest BCUT2D eigenvalue weighted by atomic mass is 16.5. The Hall–Kier alpha value is -0.380. The van der Waals surface area contributed by atoms with Crippen molar-refractivity contribution >= 4 is 0 Å². The van der Waals surface area contributed by atoms with Gasteiger partial charge in [0, 0.05) is 30.5 Å². The van der Waals surface area contributed by atoms with Crippen LogP contribution in [0.4, 0.5) is 0 Å². The summed E-state index contributed by atoms with van der Waals surface area (Å²) in [6, 6.07) is 0. The third-order valence-corrected chi connectivity index (χ3v) is 7.36. The van der Waals surface area contributed by atoms with Crippen LogP contribution in [0.1, 0.15) is 47.0 Å². The van der Waals surface area contributed by atoms with Gasteiger partial charge in [0.1, 0.15) is 5.60 Å². The lowest BCUT2D eigenvalue weighted by atomic mass is 9.71. The molecule has 4 rings (SSSR count). The topological polar surface area (TPSA) is 32.7 Å². The van der Waals surface area contributed by atoms with Crippen LogP contribution in [0.5, 0.6) is 0 Å². The minimum Gasteiger partial charge on any atom is -0.393 e. The van der Waals surface area contributed by atoms with Gasteiger partial charge in [0.15, 0.2) is 0 Å². The molecule has 22 heavy (non-hydrogen) atoms. The summed E-state index contributed by atoms with van der Waals surface area (Å²) in [5.41, 5.74) is 0.0158. The van der Waals surface area contributed by atoms with Crippen LogP contribution in [-0.4, -0.2) is 46.4 Å². The smallest absolute Gasteiger partial charge is 0.104 e. The Morgan fingerprint density at radius 1 is 1.27 bits per heavy atom. The molecule has 0 amide bonds. The number of ether oxygens (including phenoxy) is 1. The second kappa shape index (κ2) is 4.81. The van der Waals surface area contributed by atoms with Gasteiger partial charge in [-0.2, -0.15) is 0 Å². The molecule has 3 heteroatoms. The van der Waals surface area contributed by atoms with E-state index >= 15 is 0 Å². The van der Waals surface area contributed by atoms with Gasteiger partial charge in [0.2, 0.25) is 0 Å². The second-order valence-corrected chi connectivity index (χ2v) is 8.99.